The van der Waals surface area contributed by atoms with Gasteiger partial charge in [0.05, 0.1) is 6.07 Å². The van der Waals surface area contributed by atoms with E-state index < -0.39 is 11.6 Å². The van der Waals surface area contributed by atoms with Crippen molar-refractivity contribution in [3.63, 3.8) is 0 Å². The van der Waals surface area contributed by atoms with E-state index in [9.17, 15) is 8.78 Å². The van der Waals surface area contributed by atoms with Crippen LogP contribution in [0.3, 0.4) is 0 Å². The molecule has 3 heteroatoms. The molecule has 2 aliphatic rings. The highest BCUT2D eigenvalue weighted by Gasteiger charge is 2.25. The molecule has 0 spiro atoms. The first-order valence-electron chi connectivity index (χ1n) is 10.2. The highest BCUT2D eigenvalue weighted by Crippen LogP contribution is 2.40. The topological polar surface area (TPSA) is 23.8 Å². The van der Waals surface area contributed by atoms with Crippen molar-refractivity contribution in [2.45, 2.75) is 70.1 Å². The van der Waals surface area contributed by atoms with Crippen molar-refractivity contribution in [3.05, 3.63) is 47.5 Å². The molecule has 1 aromatic carbocycles. The van der Waals surface area contributed by atoms with Gasteiger partial charge in [-0.3, -0.25) is 0 Å². The molecule has 2 saturated carbocycles. The van der Waals surface area contributed by atoms with Crippen molar-refractivity contribution in [1.29, 1.82) is 5.26 Å². The second kappa shape index (κ2) is 9.31. The van der Waals surface area contributed by atoms with Gasteiger partial charge in [-0.05, 0) is 92.7 Å². The number of allylic oxidation sites excluding steroid dienone is 2. The zero-order chi connectivity index (χ0) is 18.4. The SMILES string of the molecule is N#CC=CC1CCC(CCC2CCC(c3ccc(F)c(F)c3)CC2)CC1. The van der Waals surface area contributed by atoms with Gasteiger partial charge in [-0.25, -0.2) is 8.78 Å². The van der Waals surface area contributed by atoms with Gasteiger partial charge in [-0.15, -0.1) is 0 Å². The van der Waals surface area contributed by atoms with Crippen molar-refractivity contribution in [1.82, 2.24) is 0 Å². The largest absolute Gasteiger partial charge is 0.204 e. The van der Waals surface area contributed by atoms with Crippen molar-refractivity contribution >= 4 is 0 Å². The maximum Gasteiger partial charge on any atom is 0.159 e. The molecule has 26 heavy (non-hydrogen) atoms. The van der Waals surface area contributed by atoms with Gasteiger partial charge in [0.2, 0.25) is 0 Å². The van der Waals surface area contributed by atoms with E-state index in [2.05, 4.69) is 12.1 Å². The Balaban J connectivity index is 1.38. The fraction of sp³-hybridized carbons (Fsp3) is 0.609. The number of nitrogens with zero attached hydrogens (tertiary/aromatic N) is 1. The maximum absolute atomic E-state index is 13.4. The summed E-state index contributed by atoms with van der Waals surface area (Å²) in [7, 11) is 0. The lowest BCUT2D eigenvalue weighted by molar-refractivity contribution is 0.246. The first-order valence-corrected chi connectivity index (χ1v) is 10.2. The summed E-state index contributed by atoms with van der Waals surface area (Å²) < 4.78 is 26.5. The van der Waals surface area contributed by atoms with E-state index in [1.165, 1.54) is 63.5 Å². The molecule has 2 aliphatic carbocycles. The molecule has 140 valence electrons. The van der Waals surface area contributed by atoms with E-state index in [4.69, 9.17) is 5.26 Å². The fourth-order valence-electron chi connectivity index (χ4n) is 4.87. The average molecular weight is 357 g/mol. The number of hydrogen-bond acceptors (Lipinski definition) is 1. The number of halogens is 2. The smallest absolute Gasteiger partial charge is 0.159 e. The molecule has 0 saturated heterocycles. The van der Waals surface area contributed by atoms with Gasteiger partial charge in [0.25, 0.3) is 0 Å². The molecule has 0 amide bonds. The second-order valence-electron chi connectivity index (χ2n) is 8.24. The highest BCUT2D eigenvalue weighted by atomic mass is 19.2. The molecule has 3 rings (SSSR count). The van der Waals surface area contributed by atoms with E-state index in [1.54, 1.807) is 12.1 Å². The van der Waals surface area contributed by atoms with Crippen LogP contribution in [0.4, 0.5) is 8.78 Å². The zero-order valence-electron chi connectivity index (χ0n) is 15.5. The minimum atomic E-state index is -0.750. The zero-order valence-corrected chi connectivity index (χ0v) is 15.5. The van der Waals surface area contributed by atoms with Crippen LogP contribution in [0.15, 0.2) is 30.4 Å². The third-order valence-corrected chi connectivity index (χ3v) is 6.58. The second-order valence-corrected chi connectivity index (χ2v) is 8.24. The third kappa shape index (κ3) is 5.16. The van der Waals surface area contributed by atoms with Crippen LogP contribution in [0.5, 0.6) is 0 Å². The lowest BCUT2D eigenvalue weighted by Crippen LogP contribution is -2.17. The molecular weight excluding hydrogens is 328 g/mol. The summed E-state index contributed by atoms with van der Waals surface area (Å²) in [5.41, 5.74) is 0.964. The monoisotopic (exact) mass is 357 g/mol. The predicted octanol–water partition coefficient (Wildman–Crippen LogP) is 6.90. The van der Waals surface area contributed by atoms with Crippen LogP contribution in [0.2, 0.25) is 0 Å². The van der Waals surface area contributed by atoms with E-state index in [0.29, 0.717) is 11.8 Å². The summed E-state index contributed by atoms with van der Waals surface area (Å²) in [5.74, 6) is 1.18. The van der Waals surface area contributed by atoms with Crippen molar-refractivity contribution in [2.75, 3.05) is 0 Å². The summed E-state index contributed by atoms with van der Waals surface area (Å²) in [4.78, 5) is 0. The lowest BCUT2D eigenvalue weighted by atomic mass is 9.74. The summed E-state index contributed by atoms with van der Waals surface area (Å²) in [6.45, 7) is 0. The van der Waals surface area contributed by atoms with E-state index in [-0.39, 0.29) is 0 Å². The fourth-order valence-corrected chi connectivity index (χ4v) is 4.87. The van der Waals surface area contributed by atoms with Crippen LogP contribution in [-0.2, 0) is 0 Å². The Morgan fingerprint density at radius 2 is 1.50 bits per heavy atom. The molecule has 0 radical (unpaired) electrons. The number of nitriles is 1. The van der Waals surface area contributed by atoms with Crippen LogP contribution >= 0.6 is 0 Å². The molecule has 1 nitrogen and oxygen atoms in total. The van der Waals surface area contributed by atoms with Gasteiger partial charge >= 0.3 is 0 Å². The molecule has 0 heterocycles. The van der Waals surface area contributed by atoms with Crippen molar-refractivity contribution < 1.29 is 8.78 Å². The first-order chi connectivity index (χ1) is 12.7. The Morgan fingerprint density at radius 1 is 0.885 bits per heavy atom. The normalized spacial score (nSPS) is 29.6. The van der Waals surface area contributed by atoms with Gasteiger partial charge in [-0.2, -0.15) is 5.26 Å². The van der Waals surface area contributed by atoms with Crippen LogP contribution in [0.25, 0.3) is 0 Å². The Hall–Kier alpha value is -1.69. The predicted molar refractivity (Wildman–Crippen MR) is 100 cm³/mol. The Kier molecular flexibility index (Phi) is 6.83. The van der Waals surface area contributed by atoms with Crippen LogP contribution in [-0.4, -0.2) is 0 Å². The average Bonchev–Trinajstić information content (AvgIpc) is 2.68. The van der Waals surface area contributed by atoms with Gasteiger partial charge in [0.15, 0.2) is 11.6 Å². The molecule has 0 atom stereocenters. The molecule has 2 fully saturated rings. The Bertz CT molecular complexity index is 645. The van der Waals surface area contributed by atoms with Gasteiger partial charge < -0.3 is 0 Å². The third-order valence-electron chi connectivity index (χ3n) is 6.58. The summed E-state index contributed by atoms with van der Waals surface area (Å²) in [6, 6.07) is 6.50. The molecule has 0 bridgehead atoms. The van der Waals surface area contributed by atoms with Crippen molar-refractivity contribution in [2.24, 2.45) is 17.8 Å². The quantitative estimate of drug-likeness (QED) is 0.525. The Labute approximate surface area is 156 Å². The molecule has 0 aromatic heterocycles. The summed E-state index contributed by atoms with van der Waals surface area (Å²) >= 11 is 0. The van der Waals surface area contributed by atoms with Crippen LogP contribution < -0.4 is 0 Å². The number of benzene rings is 1. The van der Waals surface area contributed by atoms with Gasteiger partial charge in [0.1, 0.15) is 0 Å². The lowest BCUT2D eigenvalue weighted by Gasteiger charge is -2.31. The number of hydrogen-bond donors (Lipinski definition) is 0. The van der Waals surface area contributed by atoms with E-state index in [0.717, 1.165) is 30.2 Å². The molecule has 0 unspecified atom stereocenters. The molecule has 0 aliphatic heterocycles. The first kappa shape index (κ1) is 19.1. The van der Waals surface area contributed by atoms with Crippen LogP contribution in [0.1, 0.15) is 75.7 Å². The van der Waals surface area contributed by atoms with Gasteiger partial charge in [0, 0.05) is 6.08 Å². The number of rotatable bonds is 5. The molecule has 1 aromatic rings. The Morgan fingerprint density at radius 3 is 2.08 bits per heavy atom. The molecule has 0 N–H and O–H groups in total. The van der Waals surface area contributed by atoms with E-state index >= 15 is 0 Å². The van der Waals surface area contributed by atoms with Crippen molar-refractivity contribution in [3.8, 4) is 6.07 Å². The maximum atomic E-state index is 13.4. The van der Waals surface area contributed by atoms with E-state index in [1.807, 2.05) is 0 Å². The minimum absolute atomic E-state index is 0.392. The molecular formula is C23H29F2N. The summed E-state index contributed by atoms with van der Waals surface area (Å²) in [6.07, 6.45) is 16.0. The minimum Gasteiger partial charge on any atom is -0.204 e. The van der Waals surface area contributed by atoms with Gasteiger partial charge in [-0.1, -0.05) is 25.0 Å². The standard InChI is InChI=1S/C23H29F2N/c24-22-14-13-21(16-23(22)25)20-11-9-19(10-12-20)8-7-18-5-3-17(4-6-18)2-1-15-26/h1-2,13-14,16-20H,3-12H2. The van der Waals surface area contributed by atoms with Crippen LogP contribution in [0, 0.1) is 40.7 Å². The summed E-state index contributed by atoms with van der Waals surface area (Å²) in [5, 5.41) is 8.62. The highest BCUT2D eigenvalue weighted by molar-refractivity contribution is 5.22.